The predicted octanol–water partition coefficient (Wildman–Crippen LogP) is 1.96. The van der Waals surface area contributed by atoms with Gasteiger partial charge in [-0.3, -0.25) is 19.7 Å². The summed E-state index contributed by atoms with van der Waals surface area (Å²) < 4.78 is 0. The maximum absolute atomic E-state index is 12.6. The van der Waals surface area contributed by atoms with Crippen LogP contribution < -0.4 is 4.90 Å². The van der Waals surface area contributed by atoms with E-state index in [4.69, 9.17) is 0 Å². The van der Waals surface area contributed by atoms with Crippen molar-refractivity contribution in [2.45, 2.75) is 32.2 Å². The van der Waals surface area contributed by atoms with Gasteiger partial charge in [0.2, 0.25) is 11.8 Å². The lowest BCUT2D eigenvalue weighted by Crippen LogP contribution is -2.59. The predicted molar refractivity (Wildman–Crippen MR) is 84.0 cm³/mol. The van der Waals surface area contributed by atoms with Crippen molar-refractivity contribution in [1.29, 1.82) is 0 Å². The molecule has 2 fully saturated rings. The third-order valence-corrected chi connectivity index (χ3v) is 4.77. The van der Waals surface area contributed by atoms with Gasteiger partial charge in [0, 0.05) is 36.8 Å². The first kappa shape index (κ1) is 15.5. The van der Waals surface area contributed by atoms with Gasteiger partial charge >= 0.3 is 0 Å². The highest BCUT2D eigenvalue weighted by molar-refractivity contribution is 6.00. The van der Waals surface area contributed by atoms with Gasteiger partial charge in [-0.25, -0.2) is 0 Å². The van der Waals surface area contributed by atoms with Crippen molar-refractivity contribution in [2.24, 2.45) is 5.92 Å². The molecule has 1 aliphatic carbocycles. The Labute approximate surface area is 134 Å². The highest BCUT2D eigenvalue weighted by Gasteiger charge is 2.38. The molecule has 1 saturated carbocycles. The molecule has 1 atom stereocenters. The van der Waals surface area contributed by atoms with Crippen LogP contribution in [0.5, 0.6) is 0 Å². The van der Waals surface area contributed by atoms with E-state index in [1.165, 1.54) is 12.1 Å². The van der Waals surface area contributed by atoms with Gasteiger partial charge in [0.25, 0.3) is 5.69 Å². The Morgan fingerprint density at radius 2 is 1.87 bits per heavy atom. The molecule has 1 aromatic carbocycles. The number of benzene rings is 1. The lowest BCUT2D eigenvalue weighted by molar-refractivity contribution is -0.384. The number of nitro benzene ring substituents is 1. The number of amides is 2. The number of nitrogens with zero attached hydrogens (tertiary/aromatic N) is 3. The highest BCUT2D eigenvalue weighted by atomic mass is 16.6. The van der Waals surface area contributed by atoms with Crippen LogP contribution >= 0.6 is 0 Å². The van der Waals surface area contributed by atoms with Gasteiger partial charge < -0.3 is 9.80 Å². The van der Waals surface area contributed by atoms with E-state index in [1.807, 2.05) is 0 Å². The Morgan fingerprint density at radius 1 is 1.22 bits per heavy atom. The second-order valence-electron chi connectivity index (χ2n) is 6.10. The van der Waals surface area contributed by atoms with Crippen LogP contribution in [0.3, 0.4) is 0 Å². The minimum atomic E-state index is -0.493. The topological polar surface area (TPSA) is 83.8 Å². The molecule has 7 heteroatoms. The Morgan fingerprint density at radius 3 is 2.39 bits per heavy atom. The summed E-state index contributed by atoms with van der Waals surface area (Å²) in [6.45, 7) is 2.66. The molecular weight excluding hydrogens is 298 g/mol. The number of carbonyl (C=O) groups excluding carboxylic acids is 2. The zero-order valence-electron chi connectivity index (χ0n) is 13.0. The molecule has 7 nitrogen and oxygen atoms in total. The van der Waals surface area contributed by atoms with Crippen molar-refractivity contribution in [3.8, 4) is 0 Å². The third kappa shape index (κ3) is 2.78. The van der Waals surface area contributed by atoms with Gasteiger partial charge in [-0.15, -0.1) is 0 Å². The van der Waals surface area contributed by atoms with E-state index >= 15 is 0 Å². The number of hydrogen-bond donors (Lipinski definition) is 0. The Kier molecular flexibility index (Phi) is 4.02. The average molecular weight is 317 g/mol. The van der Waals surface area contributed by atoms with Crippen LogP contribution in [0.25, 0.3) is 0 Å². The number of carbonyl (C=O) groups is 2. The fourth-order valence-electron chi connectivity index (χ4n) is 3.07. The van der Waals surface area contributed by atoms with Gasteiger partial charge in [0.05, 0.1) is 4.92 Å². The van der Waals surface area contributed by atoms with Crippen LogP contribution in [0, 0.1) is 16.0 Å². The smallest absolute Gasteiger partial charge is 0.269 e. The number of nitro groups is 1. The molecule has 0 bridgehead atoms. The average Bonchev–Trinajstić information content (AvgIpc) is 2.48. The molecule has 0 aromatic heterocycles. The van der Waals surface area contributed by atoms with E-state index in [-0.39, 0.29) is 23.4 Å². The van der Waals surface area contributed by atoms with Crippen LogP contribution in [-0.2, 0) is 9.59 Å². The SMILES string of the molecule is CC1C(=O)N(c2ccc([N+](=O)[O-])cc2)CCN1C(=O)C1CCC1. The van der Waals surface area contributed by atoms with Gasteiger partial charge in [0.15, 0.2) is 0 Å². The zero-order valence-corrected chi connectivity index (χ0v) is 13.0. The normalized spacial score (nSPS) is 22.0. The largest absolute Gasteiger partial charge is 0.329 e. The van der Waals surface area contributed by atoms with Gasteiger partial charge in [-0.2, -0.15) is 0 Å². The molecule has 1 aliphatic heterocycles. The van der Waals surface area contributed by atoms with Crippen LogP contribution in [0.2, 0.25) is 0 Å². The van der Waals surface area contributed by atoms with E-state index in [2.05, 4.69) is 0 Å². The lowest BCUT2D eigenvalue weighted by atomic mass is 9.84. The second-order valence-corrected chi connectivity index (χ2v) is 6.10. The molecule has 3 rings (SSSR count). The van der Waals surface area contributed by atoms with Gasteiger partial charge in [-0.05, 0) is 31.9 Å². The standard InChI is InChI=1S/C16H19N3O4/c1-11-15(20)18(13-5-7-14(8-6-13)19(22)23)10-9-17(11)16(21)12-3-2-4-12/h5-8,11-12H,2-4,9-10H2,1H3. The Balaban J connectivity index is 1.73. The monoisotopic (exact) mass is 317 g/mol. The Hall–Kier alpha value is -2.44. The minimum Gasteiger partial charge on any atom is -0.329 e. The molecule has 0 N–H and O–H groups in total. The van der Waals surface area contributed by atoms with Crippen molar-refractivity contribution >= 4 is 23.2 Å². The minimum absolute atomic E-state index is 0.00644. The summed E-state index contributed by atoms with van der Waals surface area (Å²) in [5.74, 6) is 0.0226. The van der Waals surface area contributed by atoms with E-state index in [1.54, 1.807) is 28.9 Å². The molecule has 1 heterocycles. The van der Waals surface area contributed by atoms with E-state index in [0.717, 1.165) is 19.3 Å². The summed E-state index contributed by atoms with van der Waals surface area (Å²) >= 11 is 0. The van der Waals surface area contributed by atoms with E-state index in [9.17, 15) is 19.7 Å². The molecule has 1 saturated heterocycles. The first-order valence-electron chi connectivity index (χ1n) is 7.85. The molecule has 1 aromatic rings. The van der Waals surface area contributed by atoms with Crippen molar-refractivity contribution in [3.63, 3.8) is 0 Å². The molecule has 2 aliphatic rings. The summed E-state index contributed by atoms with van der Waals surface area (Å²) in [7, 11) is 0. The molecule has 122 valence electrons. The van der Waals surface area contributed by atoms with Crippen LogP contribution in [-0.4, -0.2) is 40.8 Å². The quantitative estimate of drug-likeness (QED) is 0.630. The van der Waals surface area contributed by atoms with Crippen LogP contribution in [0.1, 0.15) is 26.2 Å². The van der Waals surface area contributed by atoms with E-state index < -0.39 is 11.0 Å². The number of rotatable bonds is 3. The number of non-ortho nitro benzene ring substituents is 1. The van der Waals surface area contributed by atoms with Gasteiger partial charge in [0.1, 0.15) is 6.04 Å². The number of piperazine rings is 1. The third-order valence-electron chi connectivity index (χ3n) is 4.77. The maximum Gasteiger partial charge on any atom is 0.269 e. The number of hydrogen-bond acceptors (Lipinski definition) is 4. The van der Waals surface area contributed by atoms with E-state index in [0.29, 0.717) is 18.8 Å². The fraction of sp³-hybridized carbons (Fsp3) is 0.500. The van der Waals surface area contributed by atoms with Crippen molar-refractivity contribution in [1.82, 2.24) is 4.90 Å². The van der Waals surface area contributed by atoms with Crippen molar-refractivity contribution in [2.75, 3.05) is 18.0 Å². The highest BCUT2D eigenvalue weighted by Crippen LogP contribution is 2.30. The molecule has 1 unspecified atom stereocenters. The summed E-state index contributed by atoms with van der Waals surface area (Å²) in [4.78, 5) is 38.5. The first-order valence-corrected chi connectivity index (χ1v) is 7.85. The molecule has 23 heavy (non-hydrogen) atoms. The van der Waals surface area contributed by atoms with Gasteiger partial charge in [-0.1, -0.05) is 6.42 Å². The Bertz CT molecular complexity index is 639. The molecular formula is C16H19N3O4. The molecule has 0 radical (unpaired) electrons. The summed E-state index contributed by atoms with van der Waals surface area (Å²) in [5, 5.41) is 10.7. The zero-order chi connectivity index (χ0) is 16.6. The fourth-order valence-corrected chi connectivity index (χ4v) is 3.07. The van der Waals surface area contributed by atoms with Crippen molar-refractivity contribution in [3.05, 3.63) is 34.4 Å². The first-order chi connectivity index (χ1) is 11.0. The summed E-state index contributed by atoms with van der Waals surface area (Å²) in [5.41, 5.74) is 0.622. The summed E-state index contributed by atoms with van der Waals surface area (Å²) in [6, 6.07) is 5.43. The second kappa shape index (κ2) is 5.98. The summed E-state index contributed by atoms with van der Waals surface area (Å²) in [6.07, 6.45) is 2.92. The van der Waals surface area contributed by atoms with Crippen LogP contribution in [0.15, 0.2) is 24.3 Å². The van der Waals surface area contributed by atoms with Crippen molar-refractivity contribution < 1.29 is 14.5 Å². The molecule has 2 amide bonds. The maximum atomic E-state index is 12.6. The van der Waals surface area contributed by atoms with Crippen LogP contribution in [0.4, 0.5) is 11.4 Å². The lowest BCUT2D eigenvalue weighted by Gasteiger charge is -2.41. The molecule has 0 spiro atoms. The number of anilines is 1.